The molecule has 9 heteroatoms. The summed E-state index contributed by atoms with van der Waals surface area (Å²) < 4.78 is 10.4. The molecule has 0 aliphatic rings. The van der Waals surface area contributed by atoms with Crippen molar-refractivity contribution < 1.29 is 23.9 Å². The van der Waals surface area contributed by atoms with Crippen molar-refractivity contribution in [1.29, 1.82) is 0 Å². The molecule has 1 aromatic heterocycles. The quantitative estimate of drug-likeness (QED) is 0.237. The average molecular weight is 519 g/mol. The zero-order valence-electron chi connectivity index (χ0n) is 22.4. The number of benzene rings is 2. The molecule has 0 bridgehead atoms. The highest BCUT2D eigenvalue weighted by atomic mass is 16.6. The van der Waals surface area contributed by atoms with Gasteiger partial charge in [-0.2, -0.15) is 0 Å². The van der Waals surface area contributed by atoms with Crippen molar-refractivity contribution >= 4 is 40.2 Å². The Morgan fingerprint density at radius 3 is 2.39 bits per heavy atom. The molecule has 3 aromatic rings. The Bertz CT molecular complexity index is 1340. The standard InChI is InChI=1S/C29H34N4O5/c1-6-8-15-30-21-11-9-19(10-12-21)16-24(33-28(36)38-29(3,4)5)26(34)31-22-13-14-23-20(17-22)18-25(32-23)27(35)37-7-2/h9-14,17-18,24,30,32H,7,15-16H2,1-5H3,(H,31,34)(H,33,36). The van der Waals surface area contributed by atoms with Gasteiger partial charge in [0.1, 0.15) is 17.3 Å². The summed E-state index contributed by atoms with van der Waals surface area (Å²) in [4.78, 5) is 40.9. The average Bonchev–Trinajstić information content (AvgIpc) is 3.27. The third-order valence-corrected chi connectivity index (χ3v) is 5.34. The number of hydrogen-bond acceptors (Lipinski definition) is 6. The van der Waals surface area contributed by atoms with Gasteiger partial charge in [0.05, 0.1) is 13.2 Å². The Labute approximate surface area is 222 Å². The number of anilines is 2. The number of aromatic nitrogens is 1. The van der Waals surface area contributed by atoms with Crippen molar-refractivity contribution in [2.45, 2.75) is 52.7 Å². The lowest BCUT2D eigenvalue weighted by atomic mass is 10.0. The Morgan fingerprint density at radius 2 is 1.74 bits per heavy atom. The van der Waals surface area contributed by atoms with Crippen LogP contribution in [0, 0.1) is 11.8 Å². The second kappa shape index (κ2) is 12.7. The molecule has 0 aliphatic heterocycles. The largest absolute Gasteiger partial charge is 0.461 e. The minimum atomic E-state index is -0.897. The van der Waals surface area contributed by atoms with Crippen LogP contribution in [0.4, 0.5) is 16.2 Å². The maximum atomic E-state index is 13.3. The van der Waals surface area contributed by atoms with Crippen LogP contribution < -0.4 is 16.0 Å². The number of esters is 1. The van der Waals surface area contributed by atoms with Crippen LogP contribution in [0.5, 0.6) is 0 Å². The van der Waals surface area contributed by atoms with E-state index in [4.69, 9.17) is 9.47 Å². The van der Waals surface area contributed by atoms with E-state index in [1.54, 1.807) is 58.9 Å². The van der Waals surface area contributed by atoms with Gasteiger partial charge in [-0.1, -0.05) is 18.1 Å². The second-order valence-corrected chi connectivity index (χ2v) is 9.57. The number of aromatic amines is 1. The van der Waals surface area contributed by atoms with E-state index in [1.807, 2.05) is 24.3 Å². The highest BCUT2D eigenvalue weighted by Crippen LogP contribution is 2.21. The molecule has 2 aromatic carbocycles. The first-order valence-corrected chi connectivity index (χ1v) is 12.4. The van der Waals surface area contributed by atoms with Crippen molar-refractivity contribution in [1.82, 2.24) is 10.3 Å². The number of rotatable bonds is 9. The SMILES string of the molecule is CC#CCNc1ccc(CC(NC(=O)OC(C)(C)C)C(=O)Nc2ccc3[nH]c(C(=O)OCC)cc3c2)cc1. The minimum absolute atomic E-state index is 0.250. The molecule has 0 aliphatic carbocycles. The van der Waals surface area contributed by atoms with Crippen LogP contribution in [0.25, 0.3) is 10.9 Å². The van der Waals surface area contributed by atoms with E-state index in [0.29, 0.717) is 17.9 Å². The van der Waals surface area contributed by atoms with E-state index in [9.17, 15) is 14.4 Å². The Morgan fingerprint density at radius 1 is 1.03 bits per heavy atom. The summed E-state index contributed by atoms with van der Waals surface area (Å²) in [5.41, 5.74) is 2.62. The summed E-state index contributed by atoms with van der Waals surface area (Å²) in [5.74, 6) is 4.92. The number of fused-ring (bicyclic) bond motifs is 1. The molecule has 0 saturated carbocycles. The second-order valence-electron chi connectivity index (χ2n) is 9.57. The summed E-state index contributed by atoms with van der Waals surface area (Å²) in [7, 11) is 0. The lowest BCUT2D eigenvalue weighted by Gasteiger charge is -2.23. The lowest BCUT2D eigenvalue weighted by molar-refractivity contribution is -0.118. The first-order chi connectivity index (χ1) is 18.1. The highest BCUT2D eigenvalue weighted by molar-refractivity contribution is 6.00. The van der Waals surface area contributed by atoms with Gasteiger partial charge in [-0.25, -0.2) is 9.59 Å². The Balaban J connectivity index is 1.77. The predicted molar refractivity (Wildman–Crippen MR) is 148 cm³/mol. The number of nitrogens with one attached hydrogen (secondary N) is 4. The number of carbonyl (C=O) groups excluding carboxylic acids is 3. The molecule has 3 rings (SSSR count). The third kappa shape index (κ3) is 8.30. The number of ether oxygens (including phenoxy) is 2. The number of carbonyl (C=O) groups is 3. The molecular weight excluding hydrogens is 484 g/mol. The van der Waals surface area contributed by atoms with E-state index in [-0.39, 0.29) is 13.0 Å². The normalized spacial score (nSPS) is 11.6. The van der Waals surface area contributed by atoms with E-state index in [0.717, 1.165) is 22.2 Å². The van der Waals surface area contributed by atoms with Gasteiger partial charge < -0.3 is 30.4 Å². The molecule has 4 N–H and O–H groups in total. The fraction of sp³-hybridized carbons (Fsp3) is 0.345. The smallest absolute Gasteiger partial charge is 0.408 e. The van der Waals surface area contributed by atoms with Crippen LogP contribution in [-0.2, 0) is 20.7 Å². The molecule has 9 nitrogen and oxygen atoms in total. The molecule has 0 fully saturated rings. The Kier molecular flexibility index (Phi) is 9.39. The monoisotopic (exact) mass is 518 g/mol. The molecule has 1 unspecified atom stereocenters. The van der Waals surface area contributed by atoms with Crippen molar-refractivity contribution in [3.63, 3.8) is 0 Å². The highest BCUT2D eigenvalue weighted by Gasteiger charge is 2.25. The van der Waals surface area contributed by atoms with E-state index in [1.165, 1.54) is 0 Å². The van der Waals surface area contributed by atoms with Gasteiger partial charge in [0.15, 0.2) is 0 Å². The van der Waals surface area contributed by atoms with Crippen molar-refractivity contribution in [2.75, 3.05) is 23.8 Å². The van der Waals surface area contributed by atoms with Gasteiger partial charge in [0, 0.05) is 28.7 Å². The van der Waals surface area contributed by atoms with Crippen LogP contribution in [0.2, 0.25) is 0 Å². The van der Waals surface area contributed by atoms with Crippen molar-refractivity contribution in [2.24, 2.45) is 0 Å². The van der Waals surface area contributed by atoms with Crippen LogP contribution in [0.3, 0.4) is 0 Å². The summed E-state index contributed by atoms with van der Waals surface area (Å²) >= 11 is 0. The molecule has 0 spiro atoms. The van der Waals surface area contributed by atoms with Crippen molar-refractivity contribution in [3.05, 3.63) is 59.8 Å². The number of alkyl carbamates (subject to hydrolysis) is 1. The van der Waals surface area contributed by atoms with Crippen LogP contribution in [0.15, 0.2) is 48.5 Å². The lowest BCUT2D eigenvalue weighted by Crippen LogP contribution is -2.47. The van der Waals surface area contributed by atoms with Crippen LogP contribution in [0.1, 0.15) is 50.7 Å². The summed E-state index contributed by atoms with van der Waals surface area (Å²) in [6, 6.07) is 13.6. The summed E-state index contributed by atoms with van der Waals surface area (Å²) in [6.07, 6.45) is -0.436. The van der Waals surface area contributed by atoms with Gasteiger partial charge in [0.25, 0.3) is 0 Å². The molecular formula is C29H34N4O5. The molecule has 0 radical (unpaired) electrons. The van der Waals surface area contributed by atoms with E-state index < -0.39 is 29.6 Å². The summed E-state index contributed by atoms with van der Waals surface area (Å²) in [6.45, 7) is 9.60. The number of H-pyrrole nitrogens is 1. The van der Waals surface area contributed by atoms with Gasteiger partial charge in [0.2, 0.25) is 5.91 Å². The molecule has 38 heavy (non-hydrogen) atoms. The van der Waals surface area contributed by atoms with Crippen molar-refractivity contribution in [3.8, 4) is 11.8 Å². The number of amides is 2. The Hall–Kier alpha value is -4.45. The van der Waals surface area contributed by atoms with Gasteiger partial charge >= 0.3 is 12.1 Å². The molecule has 2 amide bonds. The fourth-order valence-corrected chi connectivity index (χ4v) is 3.65. The molecule has 0 saturated heterocycles. The zero-order chi connectivity index (χ0) is 27.7. The molecule has 1 heterocycles. The van der Waals surface area contributed by atoms with E-state index in [2.05, 4.69) is 32.8 Å². The number of hydrogen-bond donors (Lipinski definition) is 4. The fourth-order valence-electron chi connectivity index (χ4n) is 3.65. The summed E-state index contributed by atoms with van der Waals surface area (Å²) in [5, 5.41) is 9.49. The van der Waals surface area contributed by atoms with Gasteiger partial charge in [-0.05, 0) is 76.6 Å². The minimum Gasteiger partial charge on any atom is -0.461 e. The predicted octanol–water partition coefficient (Wildman–Crippen LogP) is 4.85. The first-order valence-electron chi connectivity index (χ1n) is 12.4. The van der Waals surface area contributed by atoms with E-state index >= 15 is 0 Å². The molecule has 200 valence electrons. The van der Waals surface area contributed by atoms with Crippen LogP contribution in [-0.4, -0.2) is 47.7 Å². The maximum Gasteiger partial charge on any atom is 0.408 e. The molecule has 1 atom stereocenters. The zero-order valence-corrected chi connectivity index (χ0v) is 22.4. The van der Waals surface area contributed by atoms with Crippen LogP contribution >= 0.6 is 0 Å². The maximum absolute atomic E-state index is 13.3. The van der Waals surface area contributed by atoms with Gasteiger partial charge in [-0.3, -0.25) is 4.79 Å². The topological polar surface area (TPSA) is 122 Å². The van der Waals surface area contributed by atoms with Gasteiger partial charge in [-0.15, -0.1) is 5.92 Å². The first kappa shape index (κ1) is 28.1. The third-order valence-electron chi connectivity index (χ3n) is 5.34.